The number of pyridine rings is 1. The van der Waals surface area contributed by atoms with Gasteiger partial charge in [-0.05, 0) is 17.2 Å². The molecule has 1 amide bonds. The van der Waals surface area contributed by atoms with Gasteiger partial charge in [0.25, 0.3) is 0 Å². The number of hydrogen-bond donors (Lipinski definition) is 3. The summed E-state index contributed by atoms with van der Waals surface area (Å²) >= 11 is 0. The number of rotatable bonds is 3. The van der Waals surface area contributed by atoms with Gasteiger partial charge in [-0.25, -0.2) is 4.79 Å². The third kappa shape index (κ3) is 2.76. The maximum absolute atomic E-state index is 11.3. The first-order valence-electron chi connectivity index (χ1n) is 5.40. The molecule has 92 valence electrons. The standard InChI is InChI=1S/C13H12N2O3/c16-11-8-10(6-7-14-11)12(15-13(17)18)9-4-2-1-3-5-9/h1-8,12,15H,(H,14,16)(H,17,18). The van der Waals surface area contributed by atoms with E-state index in [1.165, 1.54) is 12.3 Å². The Hall–Kier alpha value is -2.56. The summed E-state index contributed by atoms with van der Waals surface area (Å²) in [6, 6.07) is 11.6. The lowest BCUT2D eigenvalue weighted by Crippen LogP contribution is -2.28. The smallest absolute Gasteiger partial charge is 0.405 e. The Morgan fingerprint density at radius 2 is 1.89 bits per heavy atom. The Bertz CT molecular complexity index is 592. The van der Waals surface area contributed by atoms with Crippen LogP contribution in [-0.4, -0.2) is 16.2 Å². The fourth-order valence-electron chi connectivity index (χ4n) is 1.77. The van der Waals surface area contributed by atoms with Crippen LogP contribution in [0.1, 0.15) is 17.2 Å². The number of aromatic amines is 1. The predicted octanol–water partition coefficient (Wildman–Crippen LogP) is 1.73. The second-order valence-corrected chi connectivity index (χ2v) is 3.78. The Kier molecular flexibility index (Phi) is 3.43. The van der Waals surface area contributed by atoms with Crippen molar-refractivity contribution in [3.8, 4) is 0 Å². The summed E-state index contributed by atoms with van der Waals surface area (Å²) in [7, 11) is 0. The molecule has 0 aliphatic heterocycles. The van der Waals surface area contributed by atoms with Crippen LogP contribution in [0.2, 0.25) is 0 Å². The molecule has 2 rings (SSSR count). The fraction of sp³-hybridized carbons (Fsp3) is 0.0769. The number of benzene rings is 1. The zero-order chi connectivity index (χ0) is 13.0. The summed E-state index contributed by atoms with van der Waals surface area (Å²) in [5, 5.41) is 11.3. The quantitative estimate of drug-likeness (QED) is 0.769. The van der Waals surface area contributed by atoms with E-state index in [0.29, 0.717) is 5.56 Å². The van der Waals surface area contributed by atoms with E-state index < -0.39 is 12.1 Å². The van der Waals surface area contributed by atoms with Crippen molar-refractivity contribution < 1.29 is 9.90 Å². The first-order valence-corrected chi connectivity index (χ1v) is 5.40. The van der Waals surface area contributed by atoms with Crippen molar-refractivity contribution in [1.82, 2.24) is 10.3 Å². The maximum atomic E-state index is 11.3. The van der Waals surface area contributed by atoms with Crippen molar-refractivity contribution in [2.45, 2.75) is 6.04 Å². The summed E-state index contributed by atoms with van der Waals surface area (Å²) in [6.45, 7) is 0. The van der Waals surface area contributed by atoms with E-state index in [0.717, 1.165) is 5.56 Å². The van der Waals surface area contributed by atoms with Crippen LogP contribution >= 0.6 is 0 Å². The van der Waals surface area contributed by atoms with Gasteiger partial charge in [-0.2, -0.15) is 0 Å². The first-order chi connectivity index (χ1) is 8.66. The highest BCUT2D eigenvalue weighted by molar-refractivity contribution is 5.66. The van der Waals surface area contributed by atoms with Gasteiger partial charge >= 0.3 is 6.09 Å². The van der Waals surface area contributed by atoms with Crippen LogP contribution in [0, 0.1) is 0 Å². The molecule has 0 saturated carbocycles. The van der Waals surface area contributed by atoms with Gasteiger partial charge in [0.15, 0.2) is 0 Å². The molecule has 2 aromatic rings. The Morgan fingerprint density at radius 1 is 1.17 bits per heavy atom. The highest BCUT2D eigenvalue weighted by Crippen LogP contribution is 2.20. The van der Waals surface area contributed by atoms with E-state index in [2.05, 4.69) is 10.3 Å². The number of hydrogen-bond acceptors (Lipinski definition) is 2. The molecule has 0 saturated heterocycles. The normalized spacial score (nSPS) is 11.8. The lowest BCUT2D eigenvalue weighted by Gasteiger charge is -2.17. The van der Waals surface area contributed by atoms with Crippen LogP contribution in [-0.2, 0) is 0 Å². The summed E-state index contributed by atoms with van der Waals surface area (Å²) in [4.78, 5) is 24.6. The number of amides is 1. The van der Waals surface area contributed by atoms with Gasteiger partial charge in [0.05, 0.1) is 6.04 Å². The van der Waals surface area contributed by atoms with E-state index in [4.69, 9.17) is 5.11 Å². The molecule has 1 heterocycles. The van der Waals surface area contributed by atoms with Crippen molar-refractivity contribution >= 4 is 6.09 Å². The molecular formula is C13H12N2O3. The minimum absolute atomic E-state index is 0.263. The molecule has 0 radical (unpaired) electrons. The molecule has 1 aromatic heterocycles. The van der Waals surface area contributed by atoms with Crippen LogP contribution in [0.25, 0.3) is 0 Å². The van der Waals surface area contributed by atoms with Crippen molar-refractivity contribution in [1.29, 1.82) is 0 Å². The molecule has 0 spiro atoms. The number of H-pyrrole nitrogens is 1. The monoisotopic (exact) mass is 244 g/mol. The molecule has 1 unspecified atom stereocenters. The highest BCUT2D eigenvalue weighted by atomic mass is 16.4. The summed E-state index contributed by atoms with van der Waals surface area (Å²) < 4.78 is 0. The van der Waals surface area contributed by atoms with Crippen molar-refractivity contribution in [2.24, 2.45) is 0 Å². The van der Waals surface area contributed by atoms with Crippen LogP contribution < -0.4 is 10.9 Å². The topological polar surface area (TPSA) is 82.2 Å². The Balaban J connectivity index is 2.43. The van der Waals surface area contributed by atoms with E-state index in [9.17, 15) is 9.59 Å². The molecule has 0 aliphatic rings. The van der Waals surface area contributed by atoms with Crippen molar-refractivity contribution in [3.63, 3.8) is 0 Å². The van der Waals surface area contributed by atoms with Gasteiger partial charge in [-0.1, -0.05) is 30.3 Å². The summed E-state index contributed by atoms with van der Waals surface area (Å²) in [6.07, 6.45) is 0.362. The van der Waals surface area contributed by atoms with Crippen LogP contribution in [0.15, 0.2) is 53.5 Å². The molecule has 0 fully saturated rings. The average Bonchev–Trinajstić information content (AvgIpc) is 2.37. The molecule has 5 heteroatoms. The largest absolute Gasteiger partial charge is 0.465 e. The van der Waals surface area contributed by atoms with Crippen LogP contribution in [0.5, 0.6) is 0 Å². The predicted molar refractivity (Wildman–Crippen MR) is 66.5 cm³/mol. The van der Waals surface area contributed by atoms with E-state index in [1.54, 1.807) is 6.07 Å². The average molecular weight is 244 g/mol. The lowest BCUT2D eigenvalue weighted by atomic mass is 10.00. The SMILES string of the molecule is O=C(O)NC(c1ccccc1)c1cc[nH]c(=O)c1. The van der Waals surface area contributed by atoms with E-state index >= 15 is 0 Å². The van der Waals surface area contributed by atoms with Gasteiger partial charge < -0.3 is 15.4 Å². The first kappa shape index (κ1) is 11.9. The molecular weight excluding hydrogens is 232 g/mol. The zero-order valence-corrected chi connectivity index (χ0v) is 9.46. The van der Waals surface area contributed by atoms with E-state index in [1.807, 2.05) is 30.3 Å². The molecule has 5 nitrogen and oxygen atoms in total. The third-order valence-corrected chi connectivity index (χ3v) is 2.53. The van der Waals surface area contributed by atoms with Gasteiger partial charge in [0, 0.05) is 12.3 Å². The second-order valence-electron chi connectivity index (χ2n) is 3.78. The summed E-state index contributed by atoms with van der Waals surface area (Å²) in [5.41, 5.74) is 1.12. The molecule has 1 aromatic carbocycles. The minimum atomic E-state index is -1.14. The minimum Gasteiger partial charge on any atom is -0.465 e. The van der Waals surface area contributed by atoms with Crippen molar-refractivity contribution in [3.05, 3.63) is 70.1 Å². The maximum Gasteiger partial charge on any atom is 0.405 e. The Morgan fingerprint density at radius 3 is 2.50 bits per heavy atom. The number of aromatic nitrogens is 1. The van der Waals surface area contributed by atoms with Gasteiger partial charge in [0.2, 0.25) is 5.56 Å². The number of carboxylic acid groups (broad SMARTS) is 1. The molecule has 0 aliphatic carbocycles. The molecule has 18 heavy (non-hydrogen) atoms. The van der Waals surface area contributed by atoms with Crippen LogP contribution in [0.4, 0.5) is 4.79 Å². The fourth-order valence-corrected chi connectivity index (χ4v) is 1.77. The van der Waals surface area contributed by atoms with Gasteiger partial charge in [0.1, 0.15) is 0 Å². The van der Waals surface area contributed by atoms with Gasteiger partial charge in [-0.15, -0.1) is 0 Å². The molecule has 1 atom stereocenters. The number of nitrogens with one attached hydrogen (secondary N) is 2. The molecule has 3 N–H and O–H groups in total. The third-order valence-electron chi connectivity index (χ3n) is 2.53. The van der Waals surface area contributed by atoms with Crippen molar-refractivity contribution in [2.75, 3.05) is 0 Å². The molecule has 0 bridgehead atoms. The second kappa shape index (κ2) is 5.18. The number of carbonyl (C=O) groups is 1. The summed E-state index contributed by atoms with van der Waals surface area (Å²) in [5.74, 6) is 0. The lowest BCUT2D eigenvalue weighted by molar-refractivity contribution is 0.191. The highest BCUT2D eigenvalue weighted by Gasteiger charge is 2.16. The van der Waals surface area contributed by atoms with Gasteiger partial charge in [-0.3, -0.25) is 4.79 Å². The van der Waals surface area contributed by atoms with Crippen LogP contribution in [0.3, 0.4) is 0 Å². The Labute approximate surface area is 103 Å². The van der Waals surface area contributed by atoms with E-state index in [-0.39, 0.29) is 5.56 Å². The zero-order valence-electron chi connectivity index (χ0n) is 9.46.